The molecule has 2 heterocycles. The van der Waals surface area contributed by atoms with Gasteiger partial charge in [-0.05, 0) is 59.8 Å². The molecule has 0 aliphatic heterocycles. The highest BCUT2D eigenvalue weighted by Crippen LogP contribution is 2.29. The third kappa shape index (κ3) is 2.77. The number of aromatic nitrogens is 4. The molecule has 1 N–H and O–H groups in total. The number of carbonyl (C=O) groups is 1. The number of fused-ring (bicyclic) bond motifs is 1. The van der Waals surface area contributed by atoms with Gasteiger partial charge in [0, 0.05) is 16.6 Å². The smallest absolute Gasteiger partial charge is 0.291 e. The van der Waals surface area contributed by atoms with Crippen LogP contribution in [0.25, 0.3) is 16.7 Å². The van der Waals surface area contributed by atoms with Gasteiger partial charge >= 0.3 is 0 Å². The van der Waals surface area contributed by atoms with Crippen LogP contribution in [0.2, 0.25) is 0 Å². The van der Waals surface area contributed by atoms with Crippen LogP contribution in [0, 0.1) is 6.92 Å². The van der Waals surface area contributed by atoms with Crippen molar-refractivity contribution in [3.8, 4) is 11.4 Å². The second-order valence-corrected chi connectivity index (χ2v) is 5.67. The largest absolute Gasteiger partial charge is 0.497 e. The lowest BCUT2D eigenvalue weighted by Gasteiger charge is -2.05. The number of furan rings is 1. The highest BCUT2D eigenvalue weighted by Gasteiger charge is 2.18. The van der Waals surface area contributed by atoms with E-state index in [9.17, 15) is 4.79 Å². The van der Waals surface area contributed by atoms with E-state index in [2.05, 4.69) is 20.8 Å². The van der Waals surface area contributed by atoms with Crippen molar-refractivity contribution >= 4 is 22.6 Å². The van der Waals surface area contributed by atoms with Gasteiger partial charge in [-0.3, -0.25) is 4.79 Å². The zero-order valence-corrected chi connectivity index (χ0v) is 14.1. The number of carbonyl (C=O) groups excluding carboxylic acids is 1. The summed E-state index contributed by atoms with van der Waals surface area (Å²) < 4.78 is 12.5. The normalized spacial score (nSPS) is 10.8. The Morgan fingerprint density at radius 1 is 1.19 bits per heavy atom. The van der Waals surface area contributed by atoms with E-state index in [1.165, 1.54) is 11.0 Å². The maximum absolute atomic E-state index is 12.6. The number of nitrogens with zero attached hydrogens (tertiary/aromatic N) is 4. The van der Waals surface area contributed by atoms with Crippen LogP contribution < -0.4 is 10.1 Å². The molecule has 0 saturated heterocycles. The minimum absolute atomic E-state index is 0.276. The highest BCUT2D eigenvalue weighted by molar-refractivity contribution is 6.06. The van der Waals surface area contributed by atoms with Gasteiger partial charge < -0.3 is 14.5 Å². The first-order chi connectivity index (χ1) is 12.7. The SMILES string of the molecule is COc1ccc2oc(C(=O)Nc3ccc(-n4cnnn4)cc3)c(C)c2c1. The van der Waals surface area contributed by atoms with Gasteiger partial charge in [-0.25, -0.2) is 4.68 Å². The molecule has 0 radical (unpaired) electrons. The molecule has 0 unspecified atom stereocenters. The molecule has 1 amide bonds. The molecule has 0 aliphatic carbocycles. The maximum Gasteiger partial charge on any atom is 0.291 e. The van der Waals surface area contributed by atoms with Gasteiger partial charge in [0.1, 0.15) is 17.7 Å². The van der Waals surface area contributed by atoms with Crippen molar-refractivity contribution in [1.82, 2.24) is 20.2 Å². The molecule has 0 aliphatic rings. The topological polar surface area (TPSA) is 95.1 Å². The van der Waals surface area contributed by atoms with Crippen molar-refractivity contribution in [2.24, 2.45) is 0 Å². The number of tetrazole rings is 1. The first kappa shape index (κ1) is 15.8. The zero-order chi connectivity index (χ0) is 18.1. The summed E-state index contributed by atoms with van der Waals surface area (Å²) in [6.45, 7) is 1.85. The second kappa shape index (κ2) is 6.32. The van der Waals surface area contributed by atoms with Crippen molar-refractivity contribution in [2.45, 2.75) is 6.92 Å². The standard InChI is InChI=1S/C18H15N5O3/c1-11-15-9-14(25-2)7-8-16(15)26-17(11)18(24)20-12-3-5-13(6-4-12)23-10-19-21-22-23/h3-10H,1-2H3,(H,20,24). The van der Waals surface area contributed by atoms with E-state index >= 15 is 0 Å². The van der Waals surface area contributed by atoms with Crippen LogP contribution in [0.5, 0.6) is 5.75 Å². The molecule has 0 bridgehead atoms. The van der Waals surface area contributed by atoms with Crippen LogP contribution in [0.1, 0.15) is 16.1 Å². The summed E-state index contributed by atoms with van der Waals surface area (Å²) in [5.74, 6) is 0.678. The van der Waals surface area contributed by atoms with Gasteiger partial charge in [0.05, 0.1) is 12.8 Å². The monoisotopic (exact) mass is 349 g/mol. The Morgan fingerprint density at radius 3 is 2.69 bits per heavy atom. The fraction of sp³-hybridized carbons (Fsp3) is 0.111. The molecule has 0 spiro atoms. The molecular weight excluding hydrogens is 334 g/mol. The molecule has 0 fully saturated rings. The Labute approximate surface area is 148 Å². The summed E-state index contributed by atoms with van der Waals surface area (Å²) in [6, 6.07) is 12.6. The molecule has 8 heteroatoms. The lowest BCUT2D eigenvalue weighted by Crippen LogP contribution is -2.12. The number of anilines is 1. The molecule has 26 heavy (non-hydrogen) atoms. The first-order valence-corrected chi connectivity index (χ1v) is 7.87. The summed E-state index contributed by atoms with van der Waals surface area (Å²) in [5.41, 5.74) is 2.84. The van der Waals surface area contributed by atoms with Crippen molar-refractivity contribution in [2.75, 3.05) is 12.4 Å². The molecule has 0 atom stereocenters. The van der Waals surface area contributed by atoms with Crippen LogP contribution in [-0.2, 0) is 0 Å². The van der Waals surface area contributed by atoms with E-state index in [1.807, 2.05) is 25.1 Å². The third-order valence-corrected chi connectivity index (χ3v) is 4.09. The Balaban J connectivity index is 1.58. The third-order valence-electron chi connectivity index (χ3n) is 4.09. The summed E-state index contributed by atoms with van der Waals surface area (Å²) in [7, 11) is 1.60. The van der Waals surface area contributed by atoms with E-state index in [-0.39, 0.29) is 11.7 Å². The van der Waals surface area contributed by atoms with Crippen LogP contribution in [0.15, 0.2) is 53.2 Å². The number of benzene rings is 2. The van der Waals surface area contributed by atoms with Crippen LogP contribution in [-0.4, -0.2) is 33.2 Å². The number of ether oxygens (including phenoxy) is 1. The van der Waals surface area contributed by atoms with Crippen LogP contribution >= 0.6 is 0 Å². The minimum Gasteiger partial charge on any atom is -0.497 e. The number of amides is 1. The molecule has 2 aromatic heterocycles. The van der Waals surface area contributed by atoms with Gasteiger partial charge in [0.2, 0.25) is 0 Å². The maximum atomic E-state index is 12.6. The number of rotatable bonds is 4. The minimum atomic E-state index is -0.312. The van der Waals surface area contributed by atoms with E-state index in [1.54, 1.807) is 31.4 Å². The zero-order valence-electron chi connectivity index (χ0n) is 14.1. The lowest BCUT2D eigenvalue weighted by atomic mass is 10.1. The Morgan fingerprint density at radius 2 is 2.00 bits per heavy atom. The van der Waals surface area contributed by atoms with Crippen molar-refractivity contribution in [3.05, 3.63) is 60.1 Å². The van der Waals surface area contributed by atoms with Crippen LogP contribution in [0.4, 0.5) is 5.69 Å². The highest BCUT2D eigenvalue weighted by atomic mass is 16.5. The summed E-state index contributed by atoms with van der Waals surface area (Å²) >= 11 is 0. The fourth-order valence-corrected chi connectivity index (χ4v) is 2.71. The van der Waals surface area contributed by atoms with E-state index in [0.717, 1.165) is 16.6 Å². The van der Waals surface area contributed by atoms with Crippen molar-refractivity contribution < 1.29 is 13.9 Å². The molecular formula is C18H15N5O3. The van der Waals surface area contributed by atoms with E-state index in [4.69, 9.17) is 9.15 Å². The summed E-state index contributed by atoms with van der Waals surface area (Å²) in [6.07, 6.45) is 1.50. The summed E-state index contributed by atoms with van der Waals surface area (Å²) in [5, 5.41) is 14.7. The van der Waals surface area contributed by atoms with E-state index in [0.29, 0.717) is 17.0 Å². The average molecular weight is 349 g/mol. The Bertz CT molecular complexity index is 1070. The van der Waals surface area contributed by atoms with Crippen LogP contribution in [0.3, 0.4) is 0 Å². The predicted octanol–water partition coefficient (Wildman–Crippen LogP) is 2.98. The number of nitrogens with one attached hydrogen (secondary N) is 1. The second-order valence-electron chi connectivity index (χ2n) is 5.67. The molecule has 8 nitrogen and oxygen atoms in total. The number of methoxy groups -OCH3 is 1. The van der Waals surface area contributed by atoms with Crippen molar-refractivity contribution in [1.29, 1.82) is 0 Å². The molecule has 0 saturated carbocycles. The fourth-order valence-electron chi connectivity index (χ4n) is 2.71. The number of hydrogen-bond acceptors (Lipinski definition) is 6. The van der Waals surface area contributed by atoms with Crippen molar-refractivity contribution in [3.63, 3.8) is 0 Å². The van der Waals surface area contributed by atoms with Gasteiger partial charge in [-0.2, -0.15) is 0 Å². The van der Waals surface area contributed by atoms with Gasteiger partial charge in [0.15, 0.2) is 5.76 Å². The quantitative estimate of drug-likeness (QED) is 0.608. The number of hydrogen-bond donors (Lipinski definition) is 1. The molecule has 4 rings (SSSR count). The lowest BCUT2D eigenvalue weighted by molar-refractivity contribution is 0.0998. The Kier molecular flexibility index (Phi) is 3.85. The van der Waals surface area contributed by atoms with Gasteiger partial charge in [-0.1, -0.05) is 0 Å². The van der Waals surface area contributed by atoms with E-state index < -0.39 is 0 Å². The van der Waals surface area contributed by atoms with Gasteiger partial charge in [-0.15, -0.1) is 5.10 Å². The molecule has 4 aromatic rings. The first-order valence-electron chi connectivity index (χ1n) is 7.87. The van der Waals surface area contributed by atoms with Gasteiger partial charge in [0.25, 0.3) is 5.91 Å². The average Bonchev–Trinajstić information content (AvgIpc) is 3.31. The summed E-state index contributed by atoms with van der Waals surface area (Å²) in [4.78, 5) is 12.6. The Hall–Kier alpha value is -3.68. The number of aryl methyl sites for hydroxylation is 1. The molecule has 130 valence electrons. The predicted molar refractivity (Wildman–Crippen MR) is 94.6 cm³/mol. The molecule has 2 aromatic carbocycles.